The maximum atomic E-state index is 10.6. The van der Waals surface area contributed by atoms with Crippen LogP contribution in [0.15, 0.2) is 36.4 Å². The molecule has 4 heteroatoms. The molecule has 0 unspecified atom stereocenters. The number of hydrogen-bond acceptors (Lipinski definition) is 3. The molecular formula is C13H10ClNO2. The zero-order valence-corrected chi connectivity index (χ0v) is 9.94. The van der Waals surface area contributed by atoms with Crippen LogP contribution < -0.4 is 4.74 Å². The van der Waals surface area contributed by atoms with Gasteiger partial charge in [0.15, 0.2) is 6.29 Å². The molecule has 0 bridgehead atoms. The summed E-state index contributed by atoms with van der Waals surface area (Å²) in [6.45, 7) is 1.88. The van der Waals surface area contributed by atoms with Crippen molar-refractivity contribution in [2.75, 3.05) is 0 Å². The summed E-state index contributed by atoms with van der Waals surface area (Å²) in [5.41, 5.74) is 1.31. The third kappa shape index (κ3) is 2.82. The molecule has 1 aromatic heterocycles. The van der Waals surface area contributed by atoms with Crippen LogP contribution in [0.4, 0.5) is 0 Å². The smallest absolute Gasteiger partial charge is 0.219 e. The topological polar surface area (TPSA) is 39.2 Å². The van der Waals surface area contributed by atoms with Gasteiger partial charge < -0.3 is 4.74 Å². The summed E-state index contributed by atoms with van der Waals surface area (Å²) < 4.78 is 5.53. The van der Waals surface area contributed by atoms with Gasteiger partial charge in [-0.1, -0.05) is 17.7 Å². The highest BCUT2D eigenvalue weighted by atomic mass is 35.5. The van der Waals surface area contributed by atoms with Crippen LogP contribution in [0.25, 0.3) is 0 Å². The lowest BCUT2D eigenvalue weighted by molar-refractivity contribution is 0.112. The number of aromatic nitrogens is 1. The first-order chi connectivity index (χ1) is 8.19. The molecule has 0 aliphatic rings. The van der Waals surface area contributed by atoms with Gasteiger partial charge in [-0.3, -0.25) is 4.79 Å². The number of benzene rings is 1. The second-order valence-electron chi connectivity index (χ2n) is 3.52. The number of nitrogens with zero attached hydrogens (tertiary/aromatic N) is 1. The molecule has 1 heterocycles. The highest BCUT2D eigenvalue weighted by molar-refractivity contribution is 6.33. The van der Waals surface area contributed by atoms with Gasteiger partial charge in [0.1, 0.15) is 5.75 Å². The van der Waals surface area contributed by atoms with Gasteiger partial charge in [0.05, 0.1) is 5.02 Å². The number of aryl methyl sites for hydroxylation is 1. The standard InChI is InChI=1S/C13H10ClNO2/c1-9-3-2-4-13(15-9)17-11-6-5-10(8-16)12(14)7-11/h2-8H,1H3. The molecule has 1 aromatic carbocycles. The van der Waals surface area contributed by atoms with Crippen molar-refractivity contribution in [1.29, 1.82) is 0 Å². The highest BCUT2D eigenvalue weighted by Crippen LogP contribution is 2.25. The summed E-state index contributed by atoms with van der Waals surface area (Å²) in [4.78, 5) is 14.8. The molecule has 2 aromatic rings. The van der Waals surface area contributed by atoms with Crippen molar-refractivity contribution in [3.05, 3.63) is 52.7 Å². The van der Waals surface area contributed by atoms with Gasteiger partial charge in [0, 0.05) is 23.4 Å². The molecule has 2 rings (SSSR count). The number of halogens is 1. The zero-order chi connectivity index (χ0) is 12.3. The normalized spacial score (nSPS) is 10.0. The van der Waals surface area contributed by atoms with Crippen molar-refractivity contribution < 1.29 is 9.53 Å². The molecule has 0 saturated carbocycles. The van der Waals surface area contributed by atoms with Crippen molar-refractivity contribution in [2.45, 2.75) is 6.92 Å². The Hall–Kier alpha value is -1.87. The molecule has 0 amide bonds. The molecule has 0 aliphatic carbocycles. The third-order valence-corrected chi connectivity index (χ3v) is 2.51. The predicted octanol–water partition coefficient (Wildman–Crippen LogP) is 3.65. The number of aldehydes is 1. The van der Waals surface area contributed by atoms with Gasteiger partial charge >= 0.3 is 0 Å². The van der Waals surface area contributed by atoms with Gasteiger partial charge in [-0.05, 0) is 25.1 Å². The van der Waals surface area contributed by atoms with Crippen LogP contribution in [0.3, 0.4) is 0 Å². The Morgan fingerprint density at radius 3 is 2.76 bits per heavy atom. The fraction of sp³-hybridized carbons (Fsp3) is 0.0769. The lowest BCUT2D eigenvalue weighted by atomic mass is 10.2. The quantitative estimate of drug-likeness (QED) is 0.777. The first-order valence-electron chi connectivity index (χ1n) is 5.05. The van der Waals surface area contributed by atoms with E-state index >= 15 is 0 Å². The van der Waals surface area contributed by atoms with E-state index in [9.17, 15) is 4.79 Å². The number of pyridine rings is 1. The average Bonchev–Trinajstić information content (AvgIpc) is 2.29. The van der Waals surface area contributed by atoms with Gasteiger partial charge in [-0.25, -0.2) is 4.98 Å². The van der Waals surface area contributed by atoms with E-state index in [0.717, 1.165) is 5.69 Å². The van der Waals surface area contributed by atoms with Crippen LogP contribution in [-0.2, 0) is 0 Å². The first-order valence-corrected chi connectivity index (χ1v) is 5.43. The van der Waals surface area contributed by atoms with E-state index < -0.39 is 0 Å². The molecule has 0 spiro atoms. The Labute approximate surface area is 104 Å². The lowest BCUT2D eigenvalue weighted by Crippen LogP contribution is -1.90. The Kier molecular flexibility index (Phi) is 3.40. The largest absolute Gasteiger partial charge is 0.439 e. The summed E-state index contributed by atoms with van der Waals surface area (Å²) >= 11 is 5.90. The minimum Gasteiger partial charge on any atom is -0.439 e. The summed E-state index contributed by atoms with van der Waals surface area (Å²) in [6.07, 6.45) is 0.705. The van der Waals surface area contributed by atoms with E-state index in [1.165, 1.54) is 0 Å². The van der Waals surface area contributed by atoms with Crippen LogP contribution in [0.2, 0.25) is 5.02 Å². The van der Waals surface area contributed by atoms with Crippen LogP contribution in [0, 0.1) is 6.92 Å². The number of ether oxygens (including phenoxy) is 1. The minimum atomic E-state index is 0.366. The van der Waals surface area contributed by atoms with Crippen LogP contribution in [0.5, 0.6) is 11.6 Å². The molecule has 17 heavy (non-hydrogen) atoms. The minimum absolute atomic E-state index is 0.366. The fourth-order valence-corrected chi connectivity index (χ4v) is 1.58. The van der Waals surface area contributed by atoms with Crippen molar-refractivity contribution in [2.24, 2.45) is 0 Å². The molecular weight excluding hydrogens is 238 g/mol. The Bertz CT molecular complexity index is 555. The predicted molar refractivity (Wildman–Crippen MR) is 65.9 cm³/mol. The van der Waals surface area contributed by atoms with Crippen molar-refractivity contribution in [1.82, 2.24) is 4.98 Å². The van der Waals surface area contributed by atoms with E-state index in [2.05, 4.69) is 4.98 Å². The fourth-order valence-electron chi connectivity index (χ4n) is 1.36. The summed E-state index contributed by atoms with van der Waals surface area (Å²) in [5.74, 6) is 1.05. The highest BCUT2D eigenvalue weighted by Gasteiger charge is 2.03. The summed E-state index contributed by atoms with van der Waals surface area (Å²) in [7, 11) is 0. The molecule has 0 atom stereocenters. The van der Waals surface area contributed by atoms with E-state index in [1.807, 2.05) is 19.1 Å². The maximum Gasteiger partial charge on any atom is 0.219 e. The number of rotatable bonds is 3. The summed E-state index contributed by atoms with van der Waals surface area (Å²) in [5, 5.41) is 0.366. The number of carbonyl (C=O) groups is 1. The van der Waals surface area contributed by atoms with Crippen molar-refractivity contribution in [3.63, 3.8) is 0 Å². The van der Waals surface area contributed by atoms with E-state index in [4.69, 9.17) is 16.3 Å². The number of hydrogen-bond donors (Lipinski definition) is 0. The van der Waals surface area contributed by atoms with E-state index in [1.54, 1.807) is 24.3 Å². The van der Waals surface area contributed by atoms with Crippen LogP contribution >= 0.6 is 11.6 Å². The molecule has 0 saturated heterocycles. The van der Waals surface area contributed by atoms with Gasteiger partial charge in [0.2, 0.25) is 5.88 Å². The van der Waals surface area contributed by atoms with E-state index in [-0.39, 0.29) is 0 Å². The third-order valence-electron chi connectivity index (χ3n) is 2.18. The molecule has 0 fully saturated rings. The van der Waals surface area contributed by atoms with Crippen molar-refractivity contribution >= 4 is 17.9 Å². The van der Waals surface area contributed by atoms with Gasteiger partial charge in [-0.2, -0.15) is 0 Å². The van der Waals surface area contributed by atoms with E-state index in [0.29, 0.717) is 28.5 Å². The second kappa shape index (κ2) is 4.97. The zero-order valence-electron chi connectivity index (χ0n) is 9.18. The average molecular weight is 248 g/mol. The van der Waals surface area contributed by atoms with Crippen LogP contribution in [-0.4, -0.2) is 11.3 Å². The van der Waals surface area contributed by atoms with Gasteiger partial charge in [-0.15, -0.1) is 0 Å². The molecule has 0 radical (unpaired) electrons. The van der Waals surface area contributed by atoms with Crippen LogP contribution in [0.1, 0.15) is 16.1 Å². The molecule has 0 N–H and O–H groups in total. The SMILES string of the molecule is Cc1cccc(Oc2ccc(C=O)c(Cl)c2)n1. The molecule has 0 aliphatic heterocycles. The Morgan fingerprint density at radius 2 is 2.12 bits per heavy atom. The molecule has 3 nitrogen and oxygen atoms in total. The van der Waals surface area contributed by atoms with Crippen molar-refractivity contribution in [3.8, 4) is 11.6 Å². The summed E-state index contributed by atoms with van der Waals surface area (Å²) in [6, 6.07) is 10.4. The number of carbonyl (C=O) groups excluding carboxylic acids is 1. The molecule has 86 valence electrons. The Morgan fingerprint density at radius 1 is 1.29 bits per heavy atom. The Balaban J connectivity index is 2.24. The van der Waals surface area contributed by atoms with Gasteiger partial charge in [0.25, 0.3) is 0 Å². The first kappa shape index (κ1) is 11.6. The lowest BCUT2D eigenvalue weighted by Gasteiger charge is -2.06. The second-order valence-corrected chi connectivity index (χ2v) is 3.93. The maximum absolute atomic E-state index is 10.6. The monoisotopic (exact) mass is 247 g/mol.